The number of aryl methyl sites for hydroxylation is 3. The van der Waals surface area contributed by atoms with E-state index in [0.717, 1.165) is 5.75 Å². The predicted molar refractivity (Wildman–Crippen MR) is 83.7 cm³/mol. The Morgan fingerprint density at radius 1 is 0.474 bits per heavy atom. The molecule has 0 unspecified atom stereocenters. The topological polar surface area (TPSA) is 9.23 Å². The number of hydrogen-bond donors (Lipinski definition) is 0. The highest BCUT2D eigenvalue weighted by Gasteiger charge is 2.18. The Kier molecular flexibility index (Phi) is 3.34. The summed E-state index contributed by atoms with van der Waals surface area (Å²) in [5.74, 6) is 1.04. The van der Waals surface area contributed by atoms with Gasteiger partial charge in [-0.3, -0.25) is 0 Å². The summed E-state index contributed by atoms with van der Waals surface area (Å²) in [5, 5.41) is 2.67. The molecule has 2 aromatic rings. The third kappa shape index (κ3) is 1.75. The Morgan fingerprint density at radius 2 is 0.842 bits per heavy atom. The van der Waals surface area contributed by atoms with E-state index >= 15 is 0 Å². The van der Waals surface area contributed by atoms with Gasteiger partial charge in [-0.1, -0.05) is 0 Å². The first-order valence-corrected chi connectivity index (χ1v) is 6.86. The predicted octanol–water partition coefficient (Wildman–Crippen LogP) is 5.01. The van der Waals surface area contributed by atoms with E-state index in [9.17, 15) is 0 Å². The van der Waals surface area contributed by atoms with E-state index in [-0.39, 0.29) is 0 Å². The van der Waals surface area contributed by atoms with Gasteiger partial charge in [0.15, 0.2) is 0 Å². The fourth-order valence-corrected chi connectivity index (χ4v) is 3.15. The Balaban J connectivity index is 3.21. The average molecular weight is 256 g/mol. The molecule has 2 rings (SSSR count). The monoisotopic (exact) mass is 256 g/mol. The van der Waals surface area contributed by atoms with Crippen molar-refractivity contribution in [2.75, 3.05) is 7.11 Å². The van der Waals surface area contributed by atoms with Crippen LogP contribution in [0, 0.1) is 48.5 Å². The van der Waals surface area contributed by atoms with Crippen molar-refractivity contribution in [1.29, 1.82) is 0 Å². The third-order valence-corrected chi connectivity index (χ3v) is 4.96. The molecule has 0 N–H and O–H groups in total. The highest BCUT2D eigenvalue weighted by atomic mass is 16.5. The molecule has 0 radical (unpaired) electrons. The van der Waals surface area contributed by atoms with Crippen LogP contribution < -0.4 is 4.74 Å². The van der Waals surface area contributed by atoms with Crippen LogP contribution in [0.25, 0.3) is 10.8 Å². The zero-order valence-corrected chi connectivity index (χ0v) is 13.4. The number of rotatable bonds is 1. The second kappa shape index (κ2) is 4.56. The van der Waals surface area contributed by atoms with Crippen LogP contribution in [-0.2, 0) is 0 Å². The highest BCUT2D eigenvalue weighted by Crippen LogP contribution is 2.41. The van der Waals surface area contributed by atoms with E-state index in [1.807, 2.05) is 0 Å². The Bertz CT molecular complexity index is 670. The van der Waals surface area contributed by atoms with Crippen LogP contribution in [0.4, 0.5) is 0 Å². The summed E-state index contributed by atoms with van der Waals surface area (Å²) in [5.41, 5.74) is 9.51. The van der Waals surface area contributed by atoms with Crippen LogP contribution in [0.5, 0.6) is 5.75 Å². The first kappa shape index (κ1) is 13.9. The van der Waals surface area contributed by atoms with Crippen molar-refractivity contribution in [3.63, 3.8) is 0 Å². The molecule has 1 heteroatoms. The van der Waals surface area contributed by atoms with Crippen LogP contribution >= 0.6 is 0 Å². The fraction of sp³-hybridized carbons (Fsp3) is 0.444. The lowest BCUT2D eigenvalue weighted by Crippen LogP contribution is -2.02. The lowest BCUT2D eigenvalue weighted by molar-refractivity contribution is 0.416. The van der Waals surface area contributed by atoms with Crippen molar-refractivity contribution in [2.45, 2.75) is 48.5 Å². The summed E-state index contributed by atoms with van der Waals surface area (Å²) < 4.78 is 5.72. The quantitative estimate of drug-likeness (QED) is 0.697. The van der Waals surface area contributed by atoms with Gasteiger partial charge in [0, 0.05) is 5.39 Å². The maximum Gasteiger partial charge on any atom is 0.130 e. The molecule has 0 bridgehead atoms. The molecule has 1 nitrogen and oxygen atoms in total. The van der Waals surface area contributed by atoms with Crippen LogP contribution in [0.15, 0.2) is 0 Å². The molecule has 0 aliphatic heterocycles. The molecule has 0 saturated heterocycles. The Hall–Kier alpha value is -1.50. The molecule has 0 spiro atoms. The van der Waals surface area contributed by atoms with Crippen molar-refractivity contribution in [1.82, 2.24) is 0 Å². The zero-order valence-electron chi connectivity index (χ0n) is 13.4. The Labute approximate surface area is 116 Å². The summed E-state index contributed by atoms with van der Waals surface area (Å²) in [6.45, 7) is 15.4. The Morgan fingerprint density at radius 3 is 1.26 bits per heavy atom. The van der Waals surface area contributed by atoms with Crippen LogP contribution in [0.3, 0.4) is 0 Å². The summed E-state index contributed by atoms with van der Waals surface area (Å²) in [6.07, 6.45) is 0. The molecule has 19 heavy (non-hydrogen) atoms. The maximum atomic E-state index is 5.72. The molecule has 0 aromatic heterocycles. The van der Waals surface area contributed by atoms with Gasteiger partial charge >= 0.3 is 0 Å². The molecule has 0 saturated carbocycles. The molecule has 0 aliphatic carbocycles. The van der Waals surface area contributed by atoms with Gasteiger partial charge in [0.05, 0.1) is 7.11 Å². The molecule has 2 aromatic carbocycles. The SMILES string of the molecule is COc1c(C)c(C)c(C)c2c(C)c(C)c(C)c(C)c12. The van der Waals surface area contributed by atoms with Crippen LogP contribution in [-0.4, -0.2) is 7.11 Å². The fourth-order valence-electron chi connectivity index (χ4n) is 3.15. The number of ether oxygens (including phenoxy) is 1. The second-order valence-corrected chi connectivity index (χ2v) is 5.66. The van der Waals surface area contributed by atoms with Gasteiger partial charge in [0.25, 0.3) is 0 Å². The van der Waals surface area contributed by atoms with E-state index < -0.39 is 0 Å². The summed E-state index contributed by atoms with van der Waals surface area (Å²) in [7, 11) is 1.78. The van der Waals surface area contributed by atoms with Gasteiger partial charge in [-0.2, -0.15) is 0 Å². The smallest absolute Gasteiger partial charge is 0.130 e. The van der Waals surface area contributed by atoms with Crippen molar-refractivity contribution in [2.24, 2.45) is 0 Å². The van der Waals surface area contributed by atoms with Gasteiger partial charge < -0.3 is 4.74 Å². The van der Waals surface area contributed by atoms with E-state index in [1.165, 1.54) is 49.7 Å². The van der Waals surface area contributed by atoms with E-state index in [4.69, 9.17) is 4.74 Å². The van der Waals surface area contributed by atoms with Crippen molar-refractivity contribution in [3.8, 4) is 5.75 Å². The van der Waals surface area contributed by atoms with Crippen LogP contribution in [0.1, 0.15) is 38.9 Å². The number of methoxy groups -OCH3 is 1. The maximum absolute atomic E-state index is 5.72. The number of hydrogen-bond acceptors (Lipinski definition) is 1. The van der Waals surface area contributed by atoms with Gasteiger partial charge in [-0.15, -0.1) is 0 Å². The van der Waals surface area contributed by atoms with Gasteiger partial charge in [0.1, 0.15) is 5.75 Å². The summed E-state index contributed by atoms with van der Waals surface area (Å²) in [4.78, 5) is 0. The van der Waals surface area contributed by atoms with Crippen molar-refractivity contribution in [3.05, 3.63) is 38.9 Å². The molecule has 102 valence electrons. The second-order valence-electron chi connectivity index (χ2n) is 5.66. The van der Waals surface area contributed by atoms with E-state index in [1.54, 1.807) is 7.11 Å². The highest BCUT2D eigenvalue weighted by molar-refractivity contribution is 5.99. The molecular formula is C18H24O. The van der Waals surface area contributed by atoms with Gasteiger partial charge in [-0.05, 0) is 92.8 Å². The molecular weight excluding hydrogens is 232 g/mol. The number of fused-ring (bicyclic) bond motifs is 1. The third-order valence-electron chi connectivity index (χ3n) is 4.96. The minimum absolute atomic E-state index is 1.04. The normalized spacial score (nSPS) is 11.2. The summed E-state index contributed by atoms with van der Waals surface area (Å²) in [6, 6.07) is 0. The van der Waals surface area contributed by atoms with Crippen molar-refractivity contribution < 1.29 is 4.74 Å². The molecule has 0 amide bonds. The molecule has 0 fully saturated rings. The van der Waals surface area contributed by atoms with Crippen molar-refractivity contribution >= 4 is 10.8 Å². The van der Waals surface area contributed by atoms with Gasteiger partial charge in [0.2, 0.25) is 0 Å². The minimum Gasteiger partial charge on any atom is -0.496 e. The molecule has 0 aliphatic rings. The average Bonchev–Trinajstić information content (AvgIpc) is 2.40. The first-order chi connectivity index (χ1) is 8.82. The largest absolute Gasteiger partial charge is 0.496 e. The minimum atomic E-state index is 1.04. The standard InChI is InChI=1S/C18H24O/c1-9-10(2)14(6)17-16(12(9)4)13(5)11(3)15(7)18(17)19-8/h1-8H3. The van der Waals surface area contributed by atoms with Crippen LogP contribution in [0.2, 0.25) is 0 Å². The summed E-state index contributed by atoms with van der Waals surface area (Å²) >= 11 is 0. The zero-order chi connectivity index (χ0) is 14.5. The lowest BCUT2D eigenvalue weighted by Gasteiger charge is -2.22. The first-order valence-electron chi connectivity index (χ1n) is 6.86. The molecule has 0 atom stereocenters. The molecule has 0 heterocycles. The van der Waals surface area contributed by atoms with E-state index in [2.05, 4.69) is 48.5 Å². The van der Waals surface area contributed by atoms with E-state index in [0.29, 0.717) is 0 Å². The lowest BCUT2D eigenvalue weighted by atomic mass is 9.85. The number of benzene rings is 2. The van der Waals surface area contributed by atoms with Gasteiger partial charge in [-0.25, -0.2) is 0 Å².